The molecule has 1 aliphatic rings. The molecule has 1 atom stereocenters. The average molecular weight is 476 g/mol. The van der Waals surface area contributed by atoms with Gasteiger partial charge in [-0.1, -0.05) is 67.1 Å². The van der Waals surface area contributed by atoms with Gasteiger partial charge in [-0.2, -0.15) is 0 Å². The van der Waals surface area contributed by atoms with Crippen LogP contribution in [0.5, 0.6) is 0 Å². The van der Waals surface area contributed by atoms with Crippen molar-refractivity contribution in [3.63, 3.8) is 0 Å². The molecule has 1 aromatic heterocycles. The van der Waals surface area contributed by atoms with Crippen molar-refractivity contribution in [1.29, 1.82) is 0 Å². The lowest BCUT2D eigenvalue weighted by Gasteiger charge is -2.30. The number of carbonyl (C=O) groups excluding carboxylic acids is 1. The number of rotatable bonds is 8. The summed E-state index contributed by atoms with van der Waals surface area (Å²) in [7, 11) is 0. The van der Waals surface area contributed by atoms with Gasteiger partial charge in [0.2, 0.25) is 0 Å². The van der Waals surface area contributed by atoms with Crippen LogP contribution >= 0.6 is 11.6 Å². The lowest BCUT2D eigenvalue weighted by molar-refractivity contribution is -0.144. The Hall–Kier alpha value is -3.02. The van der Waals surface area contributed by atoms with Crippen molar-refractivity contribution < 1.29 is 9.53 Å². The highest BCUT2D eigenvalue weighted by molar-refractivity contribution is 6.30. The third kappa shape index (κ3) is 6.52. The maximum atomic E-state index is 11.7. The molecule has 0 aliphatic carbocycles. The van der Waals surface area contributed by atoms with Crippen molar-refractivity contribution in [2.45, 2.75) is 33.2 Å². The highest BCUT2D eigenvalue weighted by Crippen LogP contribution is 2.23. The van der Waals surface area contributed by atoms with Crippen LogP contribution in [0.4, 0.5) is 0 Å². The molecule has 0 N–H and O–H groups in total. The van der Waals surface area contributed by atoms with E-state index in [0.29, 0.717) is 13.0 Å². The van der Waals surface area contributed by atoms with E-state index in [2.05, 4.69) is 53.2 Å². The SMILES string of the molecule is CCOC(=O)CC(C)CN1CCc2nc(-c3ccc(/C=C/c4ccc(Cl)cc4)cc3)ncc2C1. The second-order valence-electron chi connectivity index (χ2n) is 8.77. The summed E-state index contributed by atoms with van der Waals surface area (Å²) in [4.78, 5) is 23.6. The Kier molecular flexibility index (Phi) is 8.09. The van der Waals surface area contributed by atoms with Crippen LogP contribution < -0.4 is 0 Å². The second-order valence-corrected chi connectivity index (χ2v) is 9.21. The molecule has 0 saturated heterocycles. The van der Waals surface area contributed by atoms with E-state index in [0.717, 1.165) is 59.3 Å². The first-order chi connectivity index (χ1) is 16.5. The largest absolute Gasteiger partial charge is 0.466 e. The fourth-order valence-corrected chi connectivity index (χ4v) is 4.31. The molecule has 3 aromatic rings. The molecule has 0 spiro atoms. The summed E-state index contributed by atoms with van der Waals surface area (Å²) in [6, 6.07) is 16.1. The van der Waals surface area contributed by atoms with Gasteiger partial charge in [-0.25, -0.2) is 9.97 Å². The monoisotopic (exact) mass is 475 g/mol. The van der Waals surface area contributed by atoms with Crippen molar-refractivity contribution in [2.75, 3.05) is 19.7 Å². The predicted octanol–water partition coefficient (Wildman–Crippen LogP) is 5.91. The van der Waals surface area contributed by atoms with Crippen LogP contribution in [0.15, 0.2) is 54.7 Å². The van der Waals surface area contributed by atoms with Crippen LogP contribution in [-0.2, 0) is 22.5 Å². The first-order valence-corrected chi connectivity index (χ1v) is 12.1. The molecule has 1 unspecified atom stereocenters. The summed E-state index contributed by atoms with van der Waals surface area (Å²) < 4.78 is 5.07. The van der Waals surface area contributed by atoms with Crippen LogP contribution in [0, 0.1) is 5.92 Å². The summed E-state index contributed by atoms with van der Waals surface area (Å²) in [5, 5.41) is 0.739. The van der Waals surface area contributed by atoms with E-state index in [9.17, 15) is 4.79 Å². The summed E-state index contributed by atoms with van der Waals surface area (Å²) in [5.74, 6) is 0.899. The number of benzene rings is 2. The molecule has 0 radical (unpaired) electrons. The minimum absolute atomic E-state index is 0.119. The Morgan fingerprint density at radius 3 is 2.47 bits per heavy atom. The van der Waals surface area contributed by atoms with Gasteiger partial charge in [-0.05, 0) is 36.1 Å². The average Bonchev–Trinajstić information content (AvgIpc) is 2.84. The maximum Gasteiger partial charge on any atom is 0.306 e. The minimum atomic E-state index is -0.119. The van der Waals surface area contributed by atoms with Crippen LogP contribution in [0.1, 0.15) is 42.7 Å². The number of hydrogen-bond donors (Lipinski definition) is 0. The first-order valence-electron chi connectivity index (χ1n) is 11.8. The normalized spacial score (nSPS) is 14.7. The van der Waals surface area contributed by atoms with E-state index in [4.69, 9.17) is 21.3 Å². The Labute approximate surface area is 206 Å². The lowest BCUT2D eigenvalue weighted by atomic mass is 10.0. The van der Waals surface area contributed by atoms with Crippen molar-refractivity contribution in [1.82, 2.24) is 14.9 Å². The Bertz CT molecular complexity index is 1140. The fourth-order valence-electron chi connectivity index (χ4n) is 4.19. The highest BCUT2D eigenvalue weighted by Gasteiger charge is 2.21. The van der Waals surface area contributed by atoms with Gasteiger partial charge in [-0.15, -0.1) is 0 Å². The number of fused-ring (bicyclic) bond motifs is 1. The standard InChI is InChI=1S/C28H30ClN3O2/c1-3-34-27(33)16-20(2)18-32-15-14-26-24(19-32)17-30-28(31-26)23-10-6-21(7-11-23)4-5-22-8-12-25(29)13-9-22/h4-13,17,20H,3,14-16,18-19H2,1-2H3/b5-4+. The number of esters is 1. The molecular formula is C28H30ClN3O2. The van der Waals surface area contributed by atoms with E-state index in [1.54, 1.807) is 0 Å². The quantitative estimate of drug-likeness (QED) is 0.299. The molecular weight excluding hydrogens is 446 g/mol. The van der Waals surface area contributed by atoms with Gasteiger partial charge in [0.05, 0.1) is 12.3 Å². The molecule has 4 rings (SSSR count). The molecule has 2 aromatic carbocycles. The number of aromatic nitrogens is 2. The number of nitrogens with zero attached hydrogens (tertiary/aromatic N) is 3. The van der Waals surface area contributed by atoms with Crippen LogP contribution in [0.25, 0.3) is 23.5 Å². The van der Waals surface area contributed by atoms with Gasteiger partial charge in [0.25, 0.3) is 0 Å². The highest BCUT2D eigenvalue weighted by atomic mass is 35.5. The van der Waals surface area contributed by atoms with Gasteiger partial charge in [-0.3, -0.25) is 9.69 Å². The van der Waals surface area contributed by atoms with E-state index in [1.807, 2.05) is 37.4 Å². The zero-order valence-corrected chi connectivity index (χ0v) is 20.5. The number of carbonyl (C=O) groups is 1. The second kappa shape index (κ2) is 11.4. The summed E-state index contributed by atoms with van der Waals surface area (Å²) in [6.07, 6.45) is 7.45. The van der Waals surface area contributed by atoms with E-state index in [1.165, 1.54) is 5.56 Å². The van der Waals surface area contributed by atoms with Gasteiger partial charge in [0, 0.05) is 54.8 Å². The molecule has 2 heterocycles. The minimum Gasteiger partial charge on any atom is -0.466 e. The van der Waals surface area contributed by atoms with E-state index in [-0.39, 0.29) is 11.9 Å². The molecule has 0 amide bonds. The molecule has 0 bridgehead atoms. The van der Waals surface area contributed by atoms with Crippen molar-refractivity contribution in [3.05, 3.63) is 82.1 Å². The Morgan fingerprint density at radius 1 is 1.12 bits per heavy atom. The van der Waals surface area contributed by atoms with Gasteiger partial charge in [0.15, 0.2) is 5.82 Å². The molecule has 0 saturated carbocycles. The van der Waals surface area contributed by atoms with E-state index < -0.39 is 0 Å². The number of hydrogen-bond acceptors (Lipinski definition) is 5. The van der Waals surface area contributed by atoms with Crippen molar-refractivity contribution in [3.8, 4) is 11.4 Å². The third-order valence-corrected chi connectivity index (χ3v) is 6.16. The number of halogens is 1. The van der Waals surface area contributed by atoms with E-state index >= 15 is 0 Å². The predicted molar refractivity (Wildman–Crippen MR) is 137 cm³/mol. The fraction of sp³-hybridized carbons (Fsp3) is 0.321. The van der Waals surface area contributed by atoms with Gasteiger partial charge < -0.3 is 4.74 Å². The Balaban J connectivity index is 1.37. The van der Waals surface area contributed by atoms with Crippen molar-refractivity contribution in [2.24, 2.45) is 5.92 Å². The summed E-state index contributed by atoms with van der Waals surface area (Å²) in [5.41, 5.74) is 5.52. The van der Waals surface area contributed by atoms with Crippen LogP contribution in [0.3, 0.4) is 0 Å². The Morgan fingerprint density at radius 2 is 1.79 bits per heavy atom. The lowest BCUT2D eigenvalue weighted by Crippen LogP contribution is -2.35. The summed E-state index contributed by atoms with van der Waals surface area (Å²) in [6.45, 7) is 6.99. The first kappa shape index (κ1) is 24.1. The summed E-state index contributed by atoms with van der Waals surface area (Å²) >= 11 is 5.95. The molecule has 34 heavy (non-hydrogen) atoms. The van der Waals surface area contributed by atoms with Crippen LogP contribution in [0.2, 0.25) is 5.02 Å². The molecule has 0 fully saturated rings. The number of ether oxygens (including phenoxy) is 1. The third-order valence-electron chi connectivity index (χ3n) is 5.91. The molecule has 6 heteroatoms. The topological polar surface area (TPSA) is 55.3 Å². The van der Waals surface area contributed by atoms with Crippen molar-refractivity contribution >= 4 is 29.7 Å². The van der Waals surface area contributed by atoms with Gasteiger partial charge >= 0.3 is 5.97 Å². The maximum absolute atomic E-state index is 11.7. The smallest absolute Gasteiger partial charge is 0.306 e. The zero-order chi connectivity index (χ0) is 23.9. The molecule has 176 valence electrons. The zero-order valence-electron chi connectivity index (χ0n) is 19.7. The molecule has 5 nitrogen and oxygen atoms in total. The van der Waals surface area contributed by atoms with Crippen LogP contribution in [-0.4, -0.2) is 40.5 Å². The molecule has 1 aliphatic heterocycles. The van der Waals surface area contributed by atoms with Gasteiger partial charge in [0.1, 0.15) is 0 Å².